The molecule has 2 aliphatic rings. The number of nitrogens with zero attached hydrogens (tertiary/aromatic N) is 3. The number of carbonyl (C=O) groups is 2. The third kappa shape index (κ3) is 4.72. The molecule has 5 rings (SSSR count). The number of hydrogen-bond acceptors (Lipinski definition) is 7. The first-order valence-corrected chi connectivity index (χ1v) is 13.1. The van der Waals surface area contributed by atoms with E-state index in [1.807, 2.05) is 11.0 Å². The van der Waals surface area contributed by atoms with Crippen LogP contribution in [0.3, 0.4) is 0 Å². The predicted molar refractivity (Wildman–Crippen MR) is 128 cm³/mol. The van der Waals surface area contributed by atoms with Crippen LogP contribution in [0.4, 0.5) is 0 Å². The second-order valence-corrected chi connectivity index (χ2v) is 10.4. The van der Waals surface area contributed by atoms with Crippen LogP contribution in [0.15, 0.2) is 32.8 Å². The average molecular weight is 487 g/mol. The second-order valence-electron chi connectivity index (χ2n) is 8.38. The molecule has 0 aromatic carbocycles. The molecule has 0 radical (unpaired) electrons. The lowest BCUT2D eigenvalue weighted by atomic mass is 10.2. The van der Waals surface area contributed by atoms with Gasteiger partial charge in [0.15, 0.2) is 5.16 Å². The molecule has 0 atom stereocenters. The molecule has 0 spiro atoms. The summed E-state index contributed by atoms with van der Waals surface area (Å²) in [5.41, 5.74) is 1.08. The number of hydrogen-bond donors (Lipinski definition) is 1. The Hall–Kier alpha value is -2.59. The molecule has 0 unspecified atom stereocenters. The molecule has 2 amide bonds. The Morgan fingerprint density at radius 3 is 2.94 bits per heavy atom. The first kappa shape index (κ1) is 22.2. The molecule has 0 saturated carbocycles. The van der Waals surface area contributed by atoms with E-state index in [4.69, 9.17) is 9.40 Å². The summed E-state index contributed by atoms with van der Waals surface area (Å²) in [7, 11) is 0. The van der Waals surface area contributed by atoms with E-state index in [0.29, 0.717) is 30.4 Å². The van der Waals surface area contributed by atoms with E-state index in [2.05, 4.69) is 5.32 Å². The Morgan fingerprint density at radius 2 is 2.15 bits per heavy atom. The maximum absolute atomic E-state index is 13.4. The first-order chi connectivity index (χ1) is 16.1. The summed E-state index contributed by atoms with van der Waals surface area (Å²) in [5.74, 6) is 0.935. The highest BCUT2D eigenvalue weighted by atomic mass is 32.2. The van der Waals surface area contributed by atoms with Gasteiger partial charge in [0.2, 0.25) is 11.8 Å². The lowest BCUT2D eigenvalue weighted by Crippen LogP contribution is -2.31. The largest absolute Gasteiger partial charge is 0.467 e. The van der Waals surface area contributed by atoms with Gasteiger partial charge in [-0.2, -0.15) is 0 Å². The third-order valence-electron chi connectivity index (χ3n) is 6.11. The summed E-state index contributed by atoms with van der Waals surface area (Å²) < 4.78 is 7.10. The van der Waals surface area contributed by atoms with Gasteiger partial charge < -0.3 is 14.6 Å². The number of rotatable bonds is 9. The van der Waals surface area contributed by atoms with Crippen molar-refractivity contribution in [2.24, 2.45) is 0 Å². The van der Waals surface area contributed by atoms with E-state index < -0.39 is 0 Å². The number of thiophene rings is 1. The van der Waals surface area contributed by atoms with Crippen LogP contribution in [0.25, 0.3) is 10.2 Å². The Labute approximate surface area is 199 Å². The van der Waals surface area contributed by atoms with E-state index in [0.717, 1.165) is 54.4 Å². The Morgan fingerprint density at radius 1 is 1.24 bits per heavy atom. The number of nitrogens with one attached hydrogen (secondary N) is 1. The summed E-state index contributed by atoms with van der Waals surface area (Å²) in [5, 5.41) is 4.17. The number of amides is 2. The summed E-state index contributed by atoms with van der Waals surface area (Å²) in [4.78, 5) is 46.2. The molecule has 33 heavy (non-hydrogen) atoms. The zero-order valence-corrected chi connectivity index (χ0v) is 19.9. The van der Waals surface area contributed by atoms with Crippen molar-refractivity contribution in [3.63, 3.8) is 0 Å². The normalized spacial score (nSPS) is 15.5. The van der Waals surface area contributed by atoms with Crippen LogP contribution in [0.5, 0.6) is 0 Å². The average Bonchev–Trinajstić information content (AvgIpc) is 3.58. The lowest BCUT2D eigenvalue weighted by molar-refractivity contribution is -0.127. The topological polar surface area (TPSA) is 97.4 Å². The van der Waals surface area contributed by atoms with Crippen LogP contribution in [-0.2, 0) is 29.0 Å². The highest BCUT2D eigenvalue weighted by Gasteiger charge is 2.24. The lowest BCUT2D eigenvalue weighted by Gasteiger charge is -2.15. The number of aryl methyl sites for hydroxylation is 2. The van der Waals surface area contributed by atoms with Crippen molar-refractivity contribution in [2.75, 3.05) is 25.4 Å². The van der Waals surface area contributed by atoms with Crippen molar-refractivity contribution < 1.29 is 14.0 Å². The second kappa shape index (κ2) is 9.72. The molecule has 174 valence electrons. The zero-order valence-electron chi connectivity index (χ0n) is 18.3. The number of furan rings is 1. The van der Waals surface area contributed by atoms with Gasteiger partial charge >= 0.3 is 0 Å². The van der Waals surface area contributed by atoms with Gasteiger partial charge in [-0.25, -0.2) is 4.98 Å². The van der Waals surface area contributed by atoms with Gasteiger partial charge in [-0.05, 0) is 49.8 Å². The molecule has 3 aromatic heterocycles. The molecule has 1 saturated heterocycles. The molecular weight excluding hydrogens is 460 g/mol. The van der Waals surface area contributed by atoms with Crippen LogP contribution in [0.1, 0.15) is 41.9 Å². The summed E-state index contributed by atoms with van der Waals surface area (Å²) in [6, 6.07) is 3.63. The van der Waals surface area contributed by atoms with Crippen LogP contribution in [-0.4, -0.2) is 51.7 Å². The molecule has 1 aliphatic heterocycles. The fourth-order valence-corrected chi connectivity index (χ4v) is 6.62. The van der Waals surface area contributed by atoms with Crippen molar-refractivity contribution in [3.05, 3.63) is 45.0 Å². The van der Waals surface area contributed by atoms with Gasteiger partial charge in [-0.3, -0.25) is 19.0 Å². The first-order valence-electron chi connectivity index (χ1n) is 11.3. The van der Waals surface area contributed by atoms with E-state index in [9.17, 15) is 14.4 Å². The molecular formula is C23H26N4O4S2. The minimum absolute atomic E-state index is 0.0611. The minimum Gasteiger partial charge on any atom is -0.467 e. The molecule has 10 heteroatoms. The molecule has 4 heterocycles. The number of fused-ring (bicyclic) bond motifs is 3. The van der Waals surface area contributed by atoms with E-state index >= 15 is 0 Å². The number of aromatic nitrogens is 2. The molecule has 1 aliphatic carbocycles. The SMILES string of the molecule is O=C(CSc1nc2sc3c(c2c(=O)n1Cc1ccco1)CCC3)NCCCN1CCCC1=O. The number of carbonyl (C=O) groups excluding carboxylic acids is 2. The van der Waals surface area contributed by atoms with Gasteiger partial charge in [0.1, 0.15) is 10.6 Å². The van der Waals surface area contributed by atoms with Gasteiger partial charge in [-0.15, -0.1) is 11.3 Å². The standard InChI is InChI=1S/C23H26N4O4S2/c28-18(24-9-4-11-26-10-2-8-19(26)29)14-32-23-25-21-20(16-6-1-7-17(16)33-21)22(30)27(23)13-15-5-3-12-31-15/h3,5,12H,1-2,4,6-11,13-14H2,(H,24,28). The zero-order chi connectivity index (χ0) is 22.8. The Kier molecular flexibility index (Phi) is 6.55. The van der Waals surface area contributed by atoms with Gasteiger partial charge in [-0.1, -0.05) is 11.8 Å². The highest BCUT2D eigenvalue weighted by molar-refractivity contribution is 7.99. The van der Waals surface area contributed by atoms with Crippen LogP contribution >= 0.6 is 23.1 Å². The van der Waals surface area contributed by atoms with Crippen molar-refractivity contribution in [2.45, 2.75) is 50.2 Å². The summed E-state index contributed by atoms with van der Waals surface area (Å²) in [6.07, 6.45) is 6.88. The van der Waals surface area contributed by atoms with Crippen molar-refractivity contribution in [3.8, 4) is 0 Å². The Balaban J connectivity index is 1.27. The van der Waals surface area contributed by atoms with E-state index in [1.54, 1.807) is 28.2 Å². The van der Waals surface area contributed by atoms with Crippen molar-refractivity contribution >= 4 is 45.1 Å². The summed E-state index contributed by atoms with van der Waals surface area (Å²) >= 11 is 2.87. The fraction of sp³-hybridized carbons (Fsp3) is 0.478. The van der Waals surface area contributed by atoms with Crippen LogP contribution < -0.4 is 10.9 Å². The highest BCUT2D eigenvalue weighted by Crippen LogP contribution is 2.35. The van der Waals surface area contributed by atoms with Gasteiger partial charge in [0, 0.05) is 30.9 Å². The van der Waals surface area contributed by atoms with Crippen molar-refractivity contribution in [1.82, 2.24) is 19.8 Å². The molecule has 8 nitrogen and oxygen atoms in total. The van der Waals surface area contributed by atoms with Gasteiger partial charge in [0.05, 0.1) is 23.9 Å². The molecule has 0 bridgehead atoms. The maximum Gasteiger partial charge on any atom is 0.263 e. The molecule has 3 aromatic rings. The van der Waals surface area contributed by atoms with E-state index in [-0.39, 0.29) is 29.7 Å². The van der Waals surface area contributed by atoms with Crippen LogP contribution in [0.2, 0.25) is 0 Å². The molecule has 1 fully saturated rings. The van der Waals surface area contributed by atoms with Gasteiger partial charge in [0.25, 0.3) is 5.56 Å². The van der Waals surface area contributed by atoms with E-state index in [1.165, 1.54) is 16.6 Å². The van der Waals surface area contributed by atoms with Crippen LogP contribution in [0, 0.1) is 0 Å². The predicted octanol–water partition coefficient (Wildman–Crippen LogP) is 2.81. The van der Waals surface area contributed by atoms with Crippen molar-refractivity contribution in [1.29, 1.82) is 0 Å². The maximum atomic E-state index is 13.4. The molecule has 1 N–H and O–H groups in total. The quantitative estimate of drug-likeness (QED) is 0.284. The monoisotopic (exact) mass is 486 g/mol. The third-order valence-corrected chi connectivity index (χ3v) is 8.28. The summed E-state index contributed by atoms with van der Waals surface area (Å²) in [6.45, 7) is 2.30. The fourth-order valence-electron chi connectivity index (χ4n) is 4.49. The Bertz CT molecular complexity index is 1230. The number of thioether (sulfide) groups is 1. The minimum atomic E-state index is -0.111. The smallest absolute Gasteiger partial charge is 0.263 e. The number of likely N-dealkylation sites (tertiary alicyclic amines) is 1.